The van der Waals surface area contributed by atoms with Gasteiger partial charge in [-0.15, -0.1) is 0 Å². The molecule has 2 aromatic heterocycles. The maximum Gasteiger partial charge on any atom is 0.142 e. The van der Waals surface area contributed by atoms with Crippen molar-refractivity contribution in [3.63, 3.8) is 0 Å². The summed E-state index contributed by atoms with van der Waals surface area (Å²) in [6, 6.07) is 1.92. The molecule has 2 rings (SSSR count). The molecule has 1 atom stereocenters. The maximum atomic E-state index is 9.36. The van der Waals surface area contributed by atoms with Crippen molar-refractivity contribution in [2.24, 2.45) is 0 Å². The summed E-state index contributed by atoms with van der Waals surface area (Å²) in [7, 11) is 0. The molecule has 5 nitrogen and oxygen atoms in total. The molecule has 0 fully saturated rings. The summed E-state index contributed by atoms with van der Waals surface area (Å²) >= 11 is 0. The predicted molar refractivity (Wildman–Crippen MR) is 63.3 cm³/mol. The van der Waals surface area contributed by atoms with Crippen molar-refractivity contribution in [2.45, 2.75) is 25.8 Å². The van der Waals surface area contributed by atoms with Crippen molar-refractivity contribution in [1.29, 1.82) is 0 Å². The predicted octanol–water partition coefficient (Wildman–Crippen LogP) is 1.53. The van der Waals surface area contributed by atoms with Gasteiger partial charge < -0.3 is 15.4 Å². The largest absolute Gasteiger partial charge is 0.394 e. The Balaban J connectivity index is 2.37. The second kappa shape index (κ2) is 4.09. The van der Waals surface area contributed by atoms with Crippen molar-refractivity contribution in [3.05, 3.63) is 18.6 Å². The number of aliphatic hydroxyl groups is 1. The maximum absolute atomic E-state index is 9.36. The number of hydrogen-bond acceptors (Lipinski definition) is 4. The zero-order valence-corrected chi connectivity index (χ0v) is 9.49. The summed E-state index contributed by atoms with van der Waals surface area (Å²) in [4.78, 5) is 11.3. The summed E-state index contributed by atoms with van der Waals surface area (Å²) in [5.74, 6) is 0.754. The number of aromatic nitrogens is 3. The van der Waals surface area contributed by atoms with E-state index in [9.17, 15) is 5.11 Å². The van der Waals surface area contributed by atoms with Gasteiger partial charge in [0.05, 0.1) is 17.5 Å². The van der Waals surface area contributed by atoms with Gasteiger partial charge in [-0.3, -0.25) is 0 Å². The molecule has 0 saturated heterocycles. The normalized spacial score (nSPS) is 14.9. The Labute approximate surface area is 93.9 Å². The Hall–Kier alpha value is -1.62. The van der Waals surface area contributed by atoms with Crippen LogP contribution in [0.4, 0.5) is 5.82 Å². The Morgan fingerprint density at radius 3 is 3.00 bits per heavy atom. The number of fused-ring (bicyclic) bond motifs is 1. The molecule has 16 heavy (non-hydrogen) atoms. The second-order valence-electron chi connectivity index (χ2n) is 4.16. The minimum absolute atomic E-state index is 0.0689. The molecular formula is C11H16N4O. The topological polar surface area (TPSA) is 73.8 Å². The number of hydrogen-bond donors (Lipinski definition) is 3. The van der Waals surface area contributed by atoms with Crippen molar-refractivity contribution >= 4 is 16.9 Å². The molecule has 3 N–H and O–H groups in total. The van der Waals surface area contributed by atoms with Gasteiger partial charge in [0, 0.05) is 6.20 Å². The summed E-state index contributed by atoms with van der Waals surface area (Å²) in [5.41, 5.74) is 0.451. The van der Waals surface area contributed by atoms with Crippen LogP contribution in [0.3, 0.4) is 0 Å². The van der Waals surface area contributed by atoms with Gasteiger partial charge in [-0.25, -0.2) is 9.97 Å². The van der Waals surface area contributed by atoms with Gasteiger partial charge >= 0.3 is 0 Å². The van der Waals surface area contributed by atoms with E-state index >= 15 is 0 Å². The van der Waals surface area contributed by atoms with E-state index in [1.165, 1.54) is 6.33 Å². The third kappa shape index (κ3) is 1.86. The fourth-order valence-corrected chi connectivity index (χ4v) is 1.50. The first kappa shape index (κ1) is 10.9. The van der Waals surface area contributed by atoms with E-state index in [2.05, 4.69) is 20.3 Å². The third-order valence-electron chi connectivity index (χ3n) is 2.90. The molecule has 0 radical (unpaired) electrons. The van der Waals surface area contributed by atoms with Crippen LogP contribution in [0.5, 0.6) is 0 Å². The van der Waals surface area contributed by atoms with Gasteiger partial charge in [0.1, 0.15) is 17.8 Å². The number of aromatic amines is 1. The van der Waals surface area contributed by atoms with E-state index in [1.807, 2.05) is 26.1 Å². The lowest BCUT2D eigenvalue weighted by Gasteiger charge is -2.27. The third-order valence-corrected chi connectivity index (χ3v) is 2.90. The van der Waals surface area contributed by atoms with Crippen LogP contribution in [0, 0.1) is 0 Å². The number of rotatable bonds is 4. The smallest absolute Gasteiger partial charge is 0.142 e. The lowest BCUT2D eigenvalue weighted by molar-refractivity contribution is 0.218. The molecule has 0 bridgehead atoms. The van der Waals surface area contributed by atoms with Gasteiger partial charge in [0.2, 0.25) is 0 Å². The van der Waals surface area contributed by atoms with E-state index in [4.69, 9.17) is 0 Å². The summed E-state index contributed by atoms with van der Waals surface area (Å²) in [6.45, 7) is 4.06. The molecule has 0 unspecified atom stereocenters. The highest BCUT2D eigenvalue weighted by molar-refractivity contribution is 5.86. The number of nitrogens with one attached hydrogen (secondary N) is 2. The minimum atomic E-state index is -0.349. The van der Waals surface area contributed by atoms with Gasteiger partial charge in [0.15, 0.2) is 0 Å². The second-order valence-corrected chi connectivity index (χ2v) is 4.16. The van der Waals surface area contributed by atoms with Crippen LogP contribution in [-0.4, -0.2) is 32.2 Å². The van der Waals surface area contributed by atoms with E-state index in [1.54, 1.807) is 0 Å². The lowest BCUT2D eigenvalue weighted by Crippen LogP contribution is -2.38. The minimum Gasteiger partial charge on any atom is -0.394 e. The quantitative estimate of drug-likeness (QED) is 0.730. The molecule has 0 saturated carbocycles. The average molecular weight is 220 g/mol. The van der Waals surface area contributed by atoms with Crippen molar-refractivity contribution in [1.82, 2.24) is 15.0 Å². The average Bonchev–Trinajstić information content (AvgIpc) is 2.78. The van der Waals surface area contributed by atoms with Crippen molar-refractivity contribution < 1.29 is 5.11 Å². The fraction of sp³-hybridized carbons (Fsp3) is 0.455. The SMILES string of the molecule is CC[C@](C)(CO)Nc1ncnc2[nH]ccc12. The van der Waals surface area contributed by atoms with Gasteiger partial charge in [-0.1, -0.05) is 6.92 Å². The van der Waals surface area contributed by atoms with E-state index in [0.717, 1.165) is 23.3 Å². The highest BCUT2D eigenvalue weighted by Crippen LogP contribution is 2.22. The van der Waals surface area contributed by atoms with Crippen molar-refractivity contribution in [2.75, 3.05) is 11.9 Å². The number of aliphatic hydroxyl groups excluding tert-OH is 1. The number of H-pyrrole nitrogens is 1. The molecule has 86 valence electrons. The Morgan fingerprint density at radius 1 is 1.50 bits per heavy atom. The zero-order chi connectivity index (χ0) is 11.6. The lowest BCUT2D eigenvalue weighted by atomic mass is 10.0. The first-order valence-corrected chi connectivity index (χ1v) is 5.35. The van der Waals surface area contributed by atoms with E-state index < -0.39 is 0 Å². The molecule has 0 amide bonds. The summed E-state index contributed by atoms with van der Waals surface area (Å²) < 4.78 is 0. The van der Waals surface area contributed by atoms with Crippen LogP contribution in [-0.2, 0) is 0 Å². The molecule has 2 aromatic rings. The van der Waals surface area contributed by atoms with E-state index in [-0.39, 0.29) is 12.1 Å². The Morgan fingerprint density at radius 2 is 2.31 bits per heavy atom. The first-order valence-electron chi connectivity index (χ1n) is 5.35. The summed E-state index contributed by atoms with van der Waals surface area (Å²) in [6.07, 6.45) is 4.15. The molecule has 0 aliphatic heterocycles. The van der Waals surface area contributed by atoms with Gasteiger partial charge in [0.25, 0.3) is 0 Å². The Kier molecular flexibility index (Phi) is 2.78. The molecule has 0 aromatic carbocycles. The molecular weight excluding hydrogens is 204 g/mol. The molecule has 0 spiro atoms. The van der Waals surface area contributed by atoms with Crippen LogP contribution in [0.2, 0.25) is 0 Å². The molecule has 5 heteroatoms. The number of nitrogens with zero attached hydrogens (tertiary/aromatic N) is 2. The van der Waals surface area contributed by atoms with Crippen molar-refractivity contribution in [3.8, 4) is 0 Å². The fourth-order valence-electron chi connectivity index (χ4n) is 1.50. The van der Waals surface area contributed by atoms with Crippen LogP contribution < -0.4 is 5.32 Å². The molecule has 2 heterocycles. The molecule has 0 aliphatic rings. The van der Waals surface area contributed by atoms with Crippen LogP contribution in [0.25, 0.3) is 11.0 Å². The summed E-state index contributed by atoms with van der Waals surface area (Å²) in [5, 5.41) is 13.6. The van der Waals surface area contributed by atoms with Gasteiger partial charge in [-0.2, -0.15) is 0 Å². The van der Waals surface area contributed by atoms with Crippen LogP contribution in [0.15, 0.2) is 18.6 Å². The van der Waals surface area contributed by atoms with Crippen LogP contribution in [0.1, 0.15) is 20.3 Å². The highest BCUT2D eigenvalue weighted by atomic mass is 16.3. The van der Waals surface area contributed by atoms with Gasteiger partial charge in [-0.05, 0) is 19.4 Å². The standard InChI is InChI=1S/C11H16N4O/c1-3-11(2,6-16)15-10-8-4-5-12-9(8)13-7-14-10/h4-5,7,16H,3,6H2,1-2H3,(H2,12,13,14,15)/t11-/m1/s1. The zero-order valence-electron chi connectivity index (χ0n) is 9.49. The highest BCUT2D eigenvalue weighted by Gasteiger charge is 2.22. The van der Waals surface area contributed by atoms with Crippen LogP contribution >= 0.6 is 0 Å². The molecule has 0 aliphatic carbocycles. The number of anilines is 1. The monoisotopic (exact) mass is 220 g/mol. The van der Waals surface area contributed by atoms with E-state index in [0.29, 0.717) is 0 Å². The first-order chi connectivity index (χ1) is 7.68. The Bertz CT molecular complexity index is 476.